The molecule has 0 aliphatic rings. The lowest BCUT2D eigenvalue weighted by atomic mass is 10.1. The van der Waals surface area contributed by atoms with Gasteiger partial charge in [-0.2, -0.15) is 13.2 Å². The fourth-order valence-electron chi connectivity index (χ4n) is 3.10. The number of alkyl halides is 3. The Hall–Kier alpha value is -3.30. The zero-order chi connectivity index (χ0) is 21.8. The van der Waals surface area contributed by atoms with Gasteiger partial charge in [0, 0.05) is 24.5 Å². The molecule has 2 N–H and O–H groups in total. The molecule has 0 spiro atoms. The van der Waals surface area contributed by atoms with Crippen LogP contribution >= 0.6 is 0 Å². The number of rotatable bonds is 8. The summed E-state index contributed by atoms with van der Waals surface area (Å²) in [5, 5.41) is 17.8. The number of halogens is 3. The normalized spacial score (nSPS) is 12.9. The molecule has 0 saturated heterocycles. The number of aromatic nitrogens is 1. The molecule has 9 heteroatoms. The van der Waals surface area contributed by atoms with E-state index < -0.39 is 17.8 Å². The van der Waals surface area contributed by atoms with Crippen LogP contribution in [0.2, 0.25) is 0 Å². The summed E-state index contributed by atoms with van der Waals surface area (Å²) in [6.07, 6.45) is -4.03. The lowest BCUT2D eigenvalue weighted by molar-refractivity contribution is -0.137. The average Bonchev–Trinajstić information content (AvgIpc) is 3.42. The number of aliphatic hydroxyl groups is 1. The largest absolute Gasteiger partial charge is 0.492 e. The van der Waals surface area contributed by atoms with Gasteiger partial charge >= 0.3 is 6.18 Å². The number of fused-ring (bicyclic) bond motifs is 1. The van der Waals surface area contributed by atoms with Gasteiger partial charge in [-0.1, -0.05) is 17.3 Å². The highest BCUT2D eigenvalue weighted by Gasteiger charge is 2.30. The number of furan rings is 1. The second-order valence-corrected chi connectivity index (χ2v) is 6.89. The molecule has 2 aromatic heterocycles. The molecule has 1 unspecified atom stereocenters. The van der Waals surface area contributed by atoms with Crippen molar-refractivity contribution in [3.63, 3.8) is 0 Å². The van der Waals surface area contributed by atoms with Crippen LogP contribution in [-0.2, 0) is 6.18 Å². The Bertz CT molecular complexity index is 1140. The van der Waals surface area contributed by atoms with Gasteiger partial charge in [-0.15, -0.1) is 0 Å². The van der Waals surface area contributed by atoms with E-state index in [1.165, 1.54) is 18.4 Å². The molecule has 0 fully saturated rings. The Morgan fingerprint density at radius 1 is 1.10 bits per heavy atom. The van der Waals surface area contributed by atoms with Crippen molar-refractivity contribution in [1.82, 2.24) is 10.5 Å². The molecule has 6 nitrogen and oxygen atoms in total. The van der Waals surface area contributed by atoms with Crippen molar-refractivity contribution in [1.29, 1.82) is 0 Å². The first kappa shape index (κ1) is 21.0. The zero-order valence-electron chi connectivity index (χ0n) is 16.2. The highest BCUT2D eigenvalue weighted by molar-refractivity contribution is 5.83. The monoisotopic (exact) mass is 432 g/mol. The minimum Gasteiger partial charge on any atom is -0.492 e. The van der Waals surface area contributed by atoms with Crippen molar-refractivity contribution in [3.05, 3.63) is 72.0 Å². The number of hydrogen-bond donors (Lipinski definition) is 2. The number of ether oxygens (including phenoxy) is 1. The topological polar surface area (TPSA) is 80.7 Å². The standard InChI is InChI=1S/C22H19F3N2O4/c23-22(24,25)16-3-1-2-14(10-16)19(28)13-26-7-9-29-17-4-5-20-15(11-17)12-21(31-20)18-6-8-30-27-18/h1-6,8,10-12,19,26,28H,7,9,13H2. The predicted octanol–water partition coefficient (Wildman–Crippen LogP) is 4.81. The number of nitrogens with one attached hydrogen (secondary N) is 1. The summed E-state index contributed by atoms with van der Waals surface area (Å²) >= 11 is 0. The van der Waals surface area contributed by atoms with Crippen LogP contribution in [0.4, 0.5) is 13.2 Å². The third-order valence-corrected chi connectivity index (χ3v) is 4.66. The summed E-state index contributed by atoms with van der Waals surface area (Å²) in [7, 11) is 0. The second kappa shape index (κ2) is 8.83. The molecular formula is C22H19F3N2O4. The van der Waals surface area contributed by atoms with Crippen molar-refractivity contribution in [3.8, 4) is 17.2 Å². The molecule has 0 bridgehead atoms. The molecular weight excluding hydrogens is 413 g/mol. The van der Waals surface area contributed by atoms with Crippen molar-refractivity contribution in [2.45, 2.75) is 12.3 Å². The van der Waals surface area contributed by atoms with E-state index in [2.05, 4.69) is 10.5 Å². The Balaban J connectivity index is 1.26. The highest BCUT2D eigenvalue weighted by Crippen LogP contribution is 2.31. The van der Waals surface area contributed by atoms with Gasteiger partial charge in [0.05, 0.1) is 11.7 Å². The van der Waals surface area contributed by atoms with Crippen molar-refractivity contribution in [2.75, 3.05) is 19.7 Å². The SMILES string of the molecule is OC(CNCCOc1ccc2oc(-c3ccon3)cc2c1)c1cccc(C(F)(F)F)c1. The Kier molecular flexibility index (Phi) is 5.97. The molecule has 0 aliphatic heterocycles. The van der Waals surface area contributed by atoms with Gasteiger partial charge in [-0.05, 0) is 42.0 Å². The van der Waals surface area contributed by atoms with Crippen LogP contribution in [0.3, 0.4) is 0 Å². The average molecular weight is 432 g/mol. The van der Waals surface area contributed by atoms with Crippen LogP contribution in [-0.4, -0.2) is 30.0 Å². The predicted molar refractivity (Wildman–Crippen MR) is 106 cm³/mol. The maximum Gasteiger partial charge on any atom is 0.416 e. The van der Waals surface area contributed by atoms with Gasteiger partial charge in [0.15, 0.2) is 5.76 Å². The molecule has 2 heterocycles. The van der Waals surface area contributed by atoms with Crippen LogP contribution in [0.15, 0.2) is 69.8 Å². The first-order valence-electron chi connectivity index (χ1n) is 9.53. The first-order chi connectivity index (χ1) is 14.9. The molecule has 4 aromatic rings. The molecule has 0 aliphatic carbocycles. The smallest absolute Gasteiger partial charge is 0.416 e. The maximum atomic E-state index is 12.8. The van der Waals surface area contributed by atoms with E-state index in [1.807, 2.05) is 12.1 Å². The number of benzene rings is 2. The maximum absolute atomic E-state index is 12.8. The molecule has 0 saturated carbocycles. The summed E-state index contributed by atoms with van der Waals surface area (Å²) in [6.45, 7) is 0.824. The Labute approximate surface area is 175 Å². The molecule has 0 radical (unpaired) electrons. The molecule has 4 rings (SSSR count). The highest BCUT2D eigenvalue weighted by atomic mass is 19.4. The van der Waals surface area contributed by atoms with Crippen LogP contribution in [0, 0.1) is 0 Å². The van der Waals surface area contributed by atoms with Gasteiger partial charge < -0.3 is 24.1 Å². The van der Waals surface area contributed by atoms with Gasteiger partial charge in [0.2, 0.25) is 0 Å². The van der Waals surface area contributed by atoms with E-state index in [1.54, 1.807) is 18.2 Å². The lowest BCUT2D eigenvalue weighted by Gasteiger charge is -2.14. The van der Waals surface area contributed by atoms with E-state index >= 15 is 0 Å². The molecule has 1 atom stereocenters. The Morgan fingerprint density at radius 3 is 2.74 bits per heavy atom. The summed E-state index contributed by atoms with van der Waals surface area (Å²) in [5.41, 5.74) is 0.709. The molecule has 162 valence electrons. The number of aliphatic hydroxyl groups excluding tert-OH is 1. The molecule has 31 heavy (non-hydrogen) atoms. The summed E-state index contributed by atoms with van der Waals surface area (Å²) in [5.74, 6) is 1.23. The van der Waals surface area contributed by atoms with Crippen molar-refractivity contribution >= 4 is 11.0 Å². The minimum atomic E-state index is -4.44. The van der Waals surface area contributed by atoms with E-state index in [4.69, 9.17) is 13.7 Å². The van der Waals surface area contributed by atoms with Crippen LogP contribution < -0.4 is 10.1 Å². The van der Waals surface area contributed by atoms with E-state index in [0.717, 1.165) is 17.5 Å². The summed E-state index contributed by atoms with van der Waals surface area (Å²) < 4.78 is 54.6. The van der Waals surface area contributed by atoms with Gasteiger partial charge in [0.25, 0.3) is 0 Å². The lowest BCUT2D eigenvalue weighted by Crippen LogP contribution is -2.26. The van der Waals surface area contributed by atoms with E-state index in [-0.39, 0.29) is 12.1 Å². The third kappa shape index (κ3) is 5.07. The minimum absolute atomic E-state index is 0.104. The van der Waals surface area contributed by atoms with Crippen molar-refractivity contribution in [2.24, 2.45) is 0 Å². The van der Waals surface area contributed by atoms with Gasteiger partial charge in [-0.3, -0.25) is 0 Å². The fraction of sp³-hybridized carbons (Fsp3) is 0.227. The van der Waals surface area contributed by atoms with Crippen LogP contribution in [0.25, 0.3) is 22.4 Å². The van der Waals surface area contributed by atoms with Crippen molar-refractivity contribution < 1.29 is 32.0 Å². The zero-order valence-corrected chi connectivity index (χ0v) is 16.2. The molecule has 0 amide bonds. The second-order valence-electron chi connectivity index (χ2n) is 6.89. The Morgan fingerprint density at radius 2 is 1.97 bits per heavy atom. The summed E-state index contributed by atoms with van der Waals surface area (Å²) in [4.78, 5) is 0. The number of hydrogen-bond acceptors (Lipinski definition) is 6. The fourth-order valence-corrected chi connectivity index (χ4v) is 3.10. The van der Waals surface area contributed by atoms with Gasteiger partial charge in [-0.25, -0.2) is 0 Å². The van der Waals surface area contributed by atoms with Crippen LogP contribution in [0.1, 0.15) is 17.2 Å². The number of nitrogens with zero attached hydrogens (tertiary/aromatic N) is 1. The quantitative estimate of drug-likeness (QED) is 0.389. The molecule has 2 aromatic carbocycles. The van der Waals surface area contributed by atoms with E-state index in [0.29, 0.717) is 35.9 Å². The first-order valence-corrected chi connectivity index (χ1v) is 9.53. The van der Waals surface area contributed by atoms with Crippen LogP contribution in [0.5, 0.6) is 5.75 Å². The summed E-state index contributed by atoms with van der Waals surface area (Å²) in [6, 6.07) is 13.6. The van der Waals surface area contributed by atoms with E-state index in [9.17, 15) is 18.3 Å². The van der Waals surface area contributed by atoms with Gasteiger partial charge in [0.1, 0.15) is 29.9 Å². The third-order valence-electron chi connectivity index (χ3n) is 4.66.